The summed E-state index contributed by atoms with van der Waals surface area (Å²) in [6.45, 7) is 7.45. The Morgan fingerprint density at radius 2 is 2.06 bits per heavy atom. The first kappa shape index (κ1) is 12.7. The van der Waals surface area contributed by atoms with Gasteiger partial charge in [-0.15, -0.1) is 0 Å². The van der Waals surface area contributed by atoms with E-state index in [0.29, 0.717) is 5.92 Å². The minimum absolute atomic E-state index is 0.709. The van der Waals surface area contributed by atoms with E-state index in [2.05, 4.69) is 36.3 Å². The second kappa shape index (κ2) is 5.25. The van der Waals surface area contributed by atoms with Crippen LogP contribution in [0.25, 0.3) is 10.8 Å². The van der Waals surface area contributed by atoms with Gasteiger partial charge in [0.1, 0.15) is 0 Å². The number of benzene rings is 1. The second-order valence-corrected chi connectivity index (χ2v) is 5.18. The van der Waals surface area contributed by atoms with Crippen molar-refractivity contribution in [1.82, 2.24) is 4.98 Å². The molecule has 0 aliphatic rings. The lowest BCUT2D eigenvalue weighted by atomic mass is 10.1. The summed E-state index contributed by atoms with van der Waals surface area (Å²) in [6.07, 6.45) is 3.02. The fraction of sp³-hybridized carbons (Fsp3) is 0.400. The van der Waals surface area contributed by atoms with Gasteiger partial charge in [0, 0.05) is 40.6 Å². The fourth-order valence-electron chi connectivity index (χ4n) is 2.02. The standard InChI is InChI=1S/C15H21N3/c1-10(2)6-7-17-15-5-4-14(16)13-9-18-11(3)8-12(13)15/h4-5,8-10,17H,6-7,16H2,1-3H3. The first-order valence-electron chi connectivity index (χ1n) is 6.46. The lowest BCUT2D eigenvalue weighted by Crippen LogP contribution is -2.05. The quantitative estimate of drug-likeness (QED) is 0.807. The maximum absolute atomic E-state index is 5.98. The van der Waals surface area contributed by atoms with Crippen molar-refractivity contribution in [3.8, 4) is 0 Å². The lowest BCUT2D eigenvalue weighted by molar-refractivity contribution is 0.607. The smallest absolute Gasteiger partial charge is 0.0422 e. The monoisotopic (exact) mass is 243 g/mol. The Hall–Kier alpha value is -1.77. The molecule has 0 radical (unpaired) electrons. The number of nitrogen functional groups attached to an aromatic ring is 1. The molecule has 0 fully saturated rings. The Morgan fingerprint density at radius 3 is 2.78 bits per heavy atom. The molecular weight excluding hydrogens is 222 g/mol. The predicted octanol–water partition coefficient (Wildman–Crippen LogP) is 3.58. The van der Waals surface area contributed by atoms with Gasteiger partial charge in [-0.05, 0) is 37.5 Å². The van der Waals surface area contributed by atoms with Crippen LogP contribution >= 0.6 is 0 Å². The molecule has 1 heterocycles. The molecule has 0 atom stereocenters. The highest BCUT2D eigenvalue weighted by Gasteiger charge is 2.05. The molecule has 3 heteroatoms. The number of rotatable bonds is 4. The van der Waals surface area contributed by atoms with Gasteiger partial charge in [-0.25, -0.2) is 0 Å². The van der Waals surface area contributed by atoms with Crippen LogP contribution in [0.3, 0.4) is 0 Å². The summed E-state index contributed by atoms with van der Waals surface area (Å²) in [7, 11) is 0. The molecule has 0 saturated heterocycles. The molecule has 0 unspecified atom stereocenters. The molecule has 1 aromatic carbocycles. The second-order valence-electron chi connectivity index (χ2n) is 5.18. The number of anilines is 2. The van der Waals surface area contributed by atoms with Gasteiger partial charge in [0.25, 0.3) is 0 Å². The normalized spacial score (nSPS) is 11.1. The van der Waals surface area contributed by atoms with Crippen molar-refractivity contribution in [1.29, 1.82) is 0 Å². The fourth-order valence-corrected chi connectivity index (χ4v) is 2.02. The van der Waals surface area contributed by atoms with Crippen molar-refractivity contribution in [2.45, 2.75) is 27.2 Å². The number of hydrogen-bond donors (Lipinski definition) is 2. The summed E-state index contributed by atoms with van der Waals surface area (Å²) in [6, 6.07) is 6.08. The van der Waals surface area contributed by atoms with Crippen molar-refractivity contribution in [2.75, 3.05) is 17.6 Å². The highest BCUT2D eigenvalue weighted by molar-refractivity contribution is 6.00. The Bertz CT molecular complexity index is 547. The molecule has 0 saturated carbocycles. The zero-order valence-corrected chi connectivity index (χ0v) is 11.3. The number of hydrogen-bond acceptors (Lipinski definition) is 3. The van der Waals surface area contributed by atoms with E-state index in [1.54, 1.807) is 0 Å². The third-order valence-electron chi connectivity index (χ3n) is 3.11. The highest BCUT2D eigenvalue weighted by Crippen LogP contribution is 2.28. The number of fused-ring (bicyclic) bond motifs is 1. The van der Waals surface area contributed by atoms with Crippen LogP contribution in [0, 0.1) is 12.8 Å². The van der Waals surface area contributed by atoms with Gasteiger partial charge >= 0.3 is 0 Å². The van der Waals surface area contributed by atoms with Gasteiger partial charge in [0.15, 0.2) is 0 Å². The van der Waals surface area contributed by atoms with E-state index < -0.39 is 0 Å². The zero-order chi connectivity index (χ0) is 13.1. The maximum atomic E-state index is 5.98. The van der Waals surface area contributed by atoms with Crippen molar-refractivity contribution in [3.63, 3.8) is 0 Å². The summed E-state index contributed by atoms with van der Waals surface area (Å²) in [5.74, 6) is 0.709. The summed E-state index contributed by atoms with van der Waals surface area (Å²) in [5, 5.41) is 5.67. The van der Waals surface area contributed by atoms with Gasteiger partial charge in [0.05, 0.1) is 0 Å². The number of aromatic nitrogens is 1. The van der Waals surface area contributed by atoms with E-state index >= 15 is 0 Å². The van der Waals surface area contributed by atoms with Crippen LogP contribution in [0.4, 0.5) is 11.4 Å². The van der Waals surface area contributed by atoms with E-state index in [4.69, 9.17) is 5.73 Å². The summed E-state index contributed by atoms with van der Waals surface area (Å²) >= 11 is 0. The number of aryl methyl sites for hydroxylation is 1. The SMILES string of the molecule is Cc1cc2c(NCCC(C)C)ccc(N)c2cn1. The Labute approximate surface area is 108 Å². The lowest BCUT2D eigenvalue weighted by Gasteiger charge is -2.12. The molecule has 0 amide bonds. The third kappa shape index (κ3) is 2.73. The topological polar surface area (TPSA) is 50.9 Å². The van der Waals surface area contributed by atoms with E-state index in [0.717, 1.165) is 40.8 Å². The summed E-state index contributed by atoms with van der Waals surface area (Å²) < 4.78 is 0. The molecule has 18 heavy (non-hydrogen) atoms. The summed E-state index contributed by atoms with van der Waals surface area (Å²) in [5.41, 5.74) is 8.93. The number of nitrogens with two attached hydrogens (primary N) is 1. The first-order chi connectivity index (χ1) is 8.58. The van der Waals surface area contributed by atoms with Gasteiger partial charge in [-0.2, -0.15) is 0 Å². The zero-order valence-electron chi connectivity index (χ0n) is 11.3. The van der Waals surface area contributed by atoms with Gasteiger partial charge in [-0.1, -0.05) is 13.8 Å². The average Bonchev–Trinajstić information content (AvgIpc) is 2.31. The minimum Gasteiger partial charge on any atom is -0.398 e. The first-order valence-corrected chi connectivity index (χ1v) is 6.46. The van der Waals surface area contributed by atoms with Gasteiger partial charge in [0.2, 0.25) is 0 Å². The molecule has 2 rings (SSSR count). The van der Waals surface area contributed by atoms with Crippen LogP contribution in [0.15, 0.2) is 24.4 Å². The van der Waals surface area contributed by atoms with E-state index in [1.165, 1.54) is 0 Å². The molecule has 2 aromatic rings. The maximum Gasteiger partial charge on any atom is 0.0422 e. The molecule has 0 bridgehead atoms. The van der Waals surface area contributed by atoms with Crippen molar-refractivity contribution in [2.24, 2.45) is 5.92 Å². The van der Waals surface area contributed by atoms with Crippen LogP contribution < -0.4 is 11.1 Å². The molecular formula is C15H21N3. The average molecular weight is 243 g/mol. The van der Waals surface area contributed by atoms with Crippen LogP contribution in [0.1, 0.15) is 26.0 Å². The molecule has 0 aliphatic heterocycles. The molecule has 0 aliphatic carbocycles. The number of pyridine rings is 1. The van der Waals surface area contributed by atoms with Gasteiger partial charge < -0.3 is 11.1 Å². The van der Waals surface area contributed by atoms with Crippen molar-refractivity contribution >= 4 is 22.1 Å². The third-order valence-corrected chi connectivity index (χ3v) is 3.11. The molecule has 3 nitrogen and oxygen atoms in total. The van der Waals surface area contributed by atoms with E-state index in [-0.39, 0.29) is 0 Å². The largest absolute Gasteiger partial charge is 0.398 e. The van der Waals surface area contributed by atoms with Crippen LogP contribution in [0.5, 0.6) is 0 Å². The Morgan fingerprint density at radius 1 is 1.28 bits per heavy atom. The van der Waals surface area contributed by atoms with Crippen molar-refractivity contribution < 1.29 is 0 Å². The van der Waals surface area contributed by atoms with E-state index in [9.17, 15) is 0 Å². The van der Waals surface area contributed by atoms with Crippen LogP contribution in [-0.2, 0) is 0 Å². The highest BCUT2D eigenvalue weighted by atomic mass is 14.9. The Balaban J connectivity index is 2.32. The molecule has 3 N–H and O–H groups in total. The summed E-state index contributed by atoms with van der Waals surface area (Å²) in [4.78, 5) is 4.31. The number of nitrogens with zero attached hydrogens (tertiary/aromatic N) is 1. The Kier molecular flexibility index (Phi) is 3.70. The van der Waals surface area contributed by atoms with Crippen LogP contribution in [-0.4, -0.2) is 11.5 Å². The predicted molar refractivity (Wildman–Crippen MR) is 78.8 cm³/mol. The molecule has 0 spiro atoms. The van der Waals surface area contributed by atoms with Crippen LogP contribution in [0.2, 0.25) is 0 Å². The number of nitrogens with one attached hydrogen (secondary N) is 1. The molecule has 1 aromatic heterocycles. The minimum atomic E-state index is 0.709. The van der Waals surface area contributed by atoms with Gasteiger partial charge in [-0.3, -0.25) is 4.98 Å². The molecule has 96 valence electrons. The van der Waals surface area contributed by atoms with E-state index in [1.807, 2.05) is 19.2 Å². The van der Waals surface area contributed by atoms with Crippen molar-refractivity contribution in [3.05, 3.63) is 30.1 Å².